The zero-order chi connectivity index (χ0) is 19.3. The van der Waals surface area contributed by atoms with Crippen LogP contribution in [0.2, 0.25) is 0 Å². The largest absolute Gasteiger partial charge is 0.339 e. The quantitative estimate of drug-likeness (QED) is 0.785. The molecule has 4 rings (SSSR count). The number of hydrogen-bond donors (Lipinski definition) is 2. The molecule has 0 unspecified atom stereocenters. The molecule has 0 bridgehead atoms. The van der Waals surface area contributed by atoms with Crippen LogP contribution in [0.5, 0.6) is 0 Å². The van der Waals surface area contributed by atoms with Crippen LogP contribution in [0.15, 0.2) is 40.7 Å². The minimum Gasteiger partial charge on any atom is -0.339 e. The van der Waals surface area contributed by atoms with Gasteiger partial charge in [-0.3, -0.25) is 9.59 Å². The van der Waals surface area contributed by atoms with Crippen molar-refractivity contribution in [2.45, 2.75) is 19.4 Å². The van der Waals surface area contributed by atoms with Crippen molar-refractivity contribution in [1.82, 2.24) is 15.2 Å². The van der Waals surface area contributed by atoms with Crippen molar-refractivity contribution in [2.24, 2.45) is 0 Å². The van der Waals surface area contributed by atoms with Crippen molar-refractivity contribution in [3.63, 3.8) is 0 Å². The summed E-state index contributed by atoms with van der Waals surface area (Å²) in [4.78, 5) is 30.3. The summed E-state index contributed by atoms with van der Waals surface area (Å²) in [6.07, 6.45) is 9.15. The van der Waals surface area contributed by atoms with Gasteiger partial charge >= 0.3 is 0 Å². The number of amides is 2. The third-order valence-corrected chi connectivity index (χ3v) is 5.60. The SMILES string of the molecule is O=C1CNCc2cc(/C=C/C(=O)N3CCC(=Cc4ccsc4)CC3)cnc2N1. The van der Waals surface area contributed by atoms with E-state index in [1.807, 2.05) is 11.0 Å². The molecule has 0 aromatic carbocycles. The van der Waals surface area contributed by atoms with Crippen molar-refractivity contribution in [1.29, 1.82) is 0 Å². The molecule has 0 atom stereocenters. The molecular formula is C21H22N4O2S. The van der Waals surface area contributed by atoms with Gasteiger partial charge in [-0.1, -0.05) is 11.6 Å². The van der Waals surface area contributed by atoms with E-state index in [9.17, 15) is 9.59 Å². The van der Waals surface area contributed by atoms with Crippen LogP contribution in [0, 0.1) is 0 Å². The summed E-state index contributed by atoms with van der Waals surface area (Å²) in [5.74, 6) is 0.512. The summed E-state index contributed by atoms with van der Waals surface area (Å²) in [6.45, 7) is 2.34. The number of piperidine rings is 1. The molecule has 28 heavy (non-hydrogen) atoms. The van der Waals surface area contributed by atoms with E-state index in [2.05, 4.69) is 38.5 Å². The van der Waals surface area contributed by atoms with E-state index in [0.29, 0.717) is 12.4 Å². The lowest BCUT2D eigenvalue weighted by molar-refractivity contribution is -0.126. The lowest BCUT2D eigenvalue weighted by atomic mass is 10.0. The Morgan fingerprint density at radius 2 is 2.07 bits per heavy atom. The second-order valence-corrected chi connectivity index (χ2v) is 7.73. The highest BCUT2D eigenvalue weighted by Gasteiger charge is 2.17. The molecule has 2 aliphatic rings. The second-order valence-electron chi connectivity index (χ2n) is 6.95. The first-order valence-corrected chi connectivity index (χ1v) is 10.3. The van der Waals surface area contributed by atoms with Crippen LogP contribution < -0.4 is 10.6 Å². The van der Waals surface area contributed by atoms with Gasteiger partial charge < -0.3 is 15.5 Å². The van der Waals surface area contributed by atoms with Crippen LogP contribution in [0.1, 0.15) is 29.5 Å². The normalized spacial score (nSPS) is 17.2. The van der Waals surface area contributed by atoms with Gasteiger partial charge in [0.2, 0.25) is 11.8 Å². The number of hydrogen-bond acceptors (Lipinski definition) is 5. The van der Waals surface area contributed by atoms with Crippen molar-refractivity contribution >= 4 is 41.1 Å². The first kappa shape index (κ1) is 18.6. The number of likely N-dealkylation sites (tertiary alicyclic amines) is 1. The topological polar surface area (TPSA) is 74.3 Å². The van der Waals surface area contributed by atoms with Gasteiger partial charge in [-0.25, -0.2) is 4.98 Å². The molecule has 6 nitrogen and oxygen atoms in total. The van der Waals surface area contributed by atoms with Gasteiger partial charge in [0, 0.05) is 37.5 Å². The predicted molar refractivity (Wildman–Crippen MR) is 112 cm³/mol. The van der Waals surface area contributed by atoms with E-state index < -0.39 is 0 Å². The Balaban J connectivity index is 1.36. The molecule has 2 N–H and O–H groups in total. The third-order valence-electron chi connectivity index (χ3n) is 4.90. The van der Waals surface area contributed by atoms with Crippen molar-refractivity contribution in [3.8, 4) is 0 Å². The van der Waals surface area contributed by atoms with Crippen molar-refractivity contribution in [3.05, 3.63) is 57.4 Å². The second kappa shape index (κ2) is 8.50. The van der Waals surface area contributed by atoms with Crippen LogP contribution in [-0.2, 0) is 16.1 Å². The molecule has 1 saturated heterocycles. The first-order valence-electron chi connectivity index (χ1n) is 9.35. The number of rotatable bonds is 3. The van der Waals surface area contributed by atoms with Crippen LogP contribution in [-0.4, -0.2) is 41.3 Å². The molecule has 0 aliphatic carbocycles. The Morgan fingerprint density at radius 3 is 2.86 bits per heavy atom. The Morgan fingerprint density at radius 1 is 1.21 bits per heavy atom. The maximum Gasteiger partial charge on any atom is 0.246 e. The molecule has 144 valence electrons. The highest BCUT2D eigenvalue weighted by Crippen LogP contribution is 2.21. The Kier molecular flexibility index (Phi) is 5.64. The Bertz CT molecular complexity index is 924. The van der Waals surface area contributed by atoms with Gasteiger partial charge in [0.15, 0.2) is 0 Å². The Hall–Kier alpha value is -2.77. The van der Waals surface area contributed by atoms with Crippen LogP contribution in [0.4, 0.5) is 5.82 Å². The monoisotopic (exact) mass is 394 g/mol. The van der Waals surface area contributed by atoms with E-state index in [-0.39, 0.29) is 18.4 Å². The van der Waals surface area contributed by atoms with Gasteiger partial charge in [0.1, 0.15) is 5.82 Å². The number of nitrogens with one attached hydrogen (secondary N) is 2. The van der Waals surface area contributed by atoms with E-state index in [4.69, 9.17) is 0 Å². The fraction of sp³-hybridized carbons (Fsp3) is 0.286. The molecule has 1 fully saturated rings. The fourth-order valence-electron chi connectivity index (χ4n) is 3.38. The maximum atomic E-state index is 12.5. The number of thiophene rings is 1. The molecule has 7 heteroatoms. The maximum absolute atomic E-state index is 12.5. The molecule has 2 aromatic heterocycles. The van der Waals surface area contributed by atoms with Crippen LogP contribution in [0.3, 0.4) is 0 Å². The summed E-state index contributed by atoms with van der Waals surface area (Å²) in [5.41, 5.74) is 4.42. The summed E-state index contributed by atoms with van der Waals surface area (Å²) in [6, 6.07) is 4.07. The molecule has 4 heterocycles. The zero-order valence-corrected chi connectivity index (χ0v) is 16.3. The van der Waals surface area contributed by atoms with Gasteiger partial charge in [-0.15, -0.1) is 0 Å². The van der Waals surface area contributed by atoms with Gasteiger partial charge in [0.05, 0.1) is 6.54 Å². The highest BCUT2D eigenvalue weighted by molar-refractivity contribution is 7.08. The molecule has 2 aromatic rings. The standard InChI is InChI=1S/C21H22N4O2S/c26-19-13-22-12-18-10-16(11-23-21(18)24-19)1-2-20(27)25-6-3-15(4-7-25)9-17-5-8-28-14-17/h1-2,5,8-11,14,22H,3-4,6-7,12-13H2,(H,23,24,26)/b2-1+. The number of aromatic nitrogens is 1. The lowest BCUT2D eigenvalue weighted by Crippen LogP contribution is -2.35. The molecule has 0 spiro atoms. The fourth-order valence-corrected chi connectivity index (χ4v) is 4.00. The van der Waals surface area contributed by atoms with E-state index in [1.54, 1.807) is 29.7 Å². The zero-order valence-electron chi connectivity index (χ0n) is 15.5. The number of carbonyl (C=O) groups is 2. The molecular weight excluding hydrogens is 372 g/mol. The Labute approximate surface area is 168 Å². The summed E-state index contributed by atoms with van der Waals surface area (Å²) in [5, 5.41) is 10.1. The lowest BCUT2D eigenvalue weighted by Gasteiger charge is -2.27. The minimum atomic E-state index is -0.0952. The molecule has 2 amide bonds. The first-order chi connectivity index (χ1) is 13.7. The van der Waals surface area contributed by atoms with Crippen LogP contribution in [0.25, 0.3) is 12.2 Å². The predicted octanol–water partition coefficient (Wildman–Crippen LogP) is 2.90. The number of nitrogens with zero attached hydrogens (tertiary/aromatic N) is 2. The van der Waals surface area contributed by atoms with Gasteiger partial charge in [-0.05, 0) is 52.9 Å². The van der Waals surface area contributed by atoms with Crippen molar-refractivity contribution < 1.29 is 9.59 Å². The van der Waals surface area contributed by atoms with E-state index in [0.717, 1.165) is 37.1 Å². The summed E-state index contributed by atoms with van der Waals surface area (Å²) >= 11 is 1.70. The minimum absolute atomic E-state index is 0.0240. The van der Waals surface area contributed by atoms with Crippen molar-refractivity contribution in [2.75, 3.05) is 25.0 Å². The van der Waals surface area contributed by atoms with Gasteiger partial charge in [-0.2, -0.15) is 11.3 Å². The average Bonchev–Trinajstić information content (AvgIpc) is 3.14. The number of fused-ring (bicyclic) bond motifs is 1. The summed E-state index contributed by atoms with van der Waals surface area (Å²) in [7, 11) is 0. The molecule has 2 aliphatic heterocycles. The molecule has 0 radical (unpaired) electrons. The van der Waals surface area contributed by atoms with E-state index in [1.165, 1.54) is 11.1 Å². The highest BCUT2D eigenvalue weighted by atomic mass is 32.1. The average molecular weight is 395 g/mol. The summed E-state index contributed by atoms with van der Waals surface area (Å²) < 4.78 is 0. The van der Waals surface area contributed by atoms with Crippen LogP contribution >= 0.6 is 11.3 Å². The smallest absolute Gasteiger partial charge is 0.246 e. The van der Waals surface area contributed by atoms with E-state index >= 15 is 0 Å². The number of anilines is 1. The number of carbonyl (C=O) groups excluding carboxylic acids is 2. The molecule has 0 saturated carbocycles. The van der Waals surface area contributed by atoms with Gasteiger partial charge in [0.25, 0.3) is 0 Å². The third kappa shape index (κ3) is 4.55. The number of pyridine rings is 1.